The molecule has 0 radical (unpaired) electrons. The van der Waals surface area contributed by atoms with Crippen LogP contribution in [-0.4, -0.2) is 40.7 Å². The summed E-state index contributed by atoms with van der Waals surface area (Å²) in [6.07, 6.45) is 2.20. The highest BCUT2D eigenvalue weighted by Gasteiger charge is 2.28. The van der Waals surface area contributed by atoms with Crippen LogP contribution in [0.2, 0.25) is 0 Å². The van der Waals surface area contributed by atoms with Gasteiger partial charge in [-0.1, -0.05) is 25.1 Å². The number of pyridine rings is 2. The Kier molecular flexibility index (Phi) is 5.67. The van der Waals surface area contributed by atoms with Gasteiger partial charge in [0.05, 0.1) is 23.5 Å². The van der Waals surface area contributed by atoms with Gasteiger partial charge < -0.3 is 19.7 Å². The first-order chi connectivity index (χ1) is 14.9. The molecule has 0 bridgehead atoms. The predicted octanol–water partition coefficient (Wildman–Crippen LogP) is 4.02. The van der Waals surface area contributed by atoms with Gasteiger partial charge in [0, 0.05) is 24.0 Å². The summed E-state index contributed by atoms with van der Waals surface area (Å²) in [5.41, 5.74) is 1.17. The summed E-state index contributed by atoms with van der Waals surface area (Å²) in [5, 5.41) is 11.1. The van der Waals surface area contributed by atoms with E-state index in [9.17, 15) is 14.7 Å². The molecule has 2 aromatic heterocycles. The highest BCUT2D eigenvalue weighted by Crippen LogP contribution is 2.35. The van der Waals surface area contributed by atoms with Crippen molar-refractivity contribution in [1.82, 2.24) is 9.97 Å². The van der Waals surface area contributed by atoms with Crippen LogP contribution in [0.1, 0.15) is 42.7 Å². The van der Waals surface area contributed by atoms with Crippen molar-refractivity contribution in [2.24, 2.45) is 5.92 Å². The Morgan fingerprint density at radius 2 is 2.13 bits per heavy atom. The standard InChI is InChI=1S/C24H27N3O4/c1-4-31-24(30)19-20(25-15(3)21(28)22(19)29)17-12-16-9-5-6-10-18(16)26-23(17)27-11-7-8-14(2)13-27/h5-6,9-10,12,14,28H,4,7-8,11,13H2,1-3H3,(H,25,29)/t14-/m0/s1. The van der Waals surface area contributed by atoms with E-state index in [-0.39, 0.29) is 12.2 Å². The fourth-order valence-electron chi connectivity index (χ4n) is 4.22. The van der Waals surface area contributed by atoms with Crippen LogP contribution in [0.25, 0.3) is 22.2 Å². The molecule has 1 aromatic carbocycles. The van der Waals surface area contributed by atoms with E-state index in [4.69, 9.17) is 9.72 Å². The van der Waals surface area contributed by atoms with Crippen molar-refractivity contribution in [3.05, 3.63) is 51.8 Å². The third kappa shape index (κ3) is 3.87. The number of piperidine rings is 1. The van der Waals surface area contributed by atoms with Gasteiger partial charge in [0.2, 0.25) is 5.43 Å². The third-order valence-electron chi connectivity index (χ3n) is 5.77. The van der Waals surface area contributed by atoms with Crippen molar-refractivity contribution in [1.29, 1.82) is 0 Å². The minimum Gasteiger partial charge on any atom is -0.503 e. The van der Waals surface area contributed by atoms with Gasteiger partial charge in [-0.25, -0.2) is 9.78 Å². The normalized spacial score (nSPS) is 16.5. The van der Waals surface area contributed by atoms with Crippen molar-refractivity contribution in [3.8, 4) is 17.0 Å². The van der Waals surface area contributed by atoms with Crippen molar-refractivity contribution >= 4 is 22.7 Å². The number of hydrogen-bond donors (Lipinski definition) is 2. The lowest BCUT2D eigenvalue weighted by Gasteiger charge is -2.33. The zero-order valence-electron chi connectivity index (χ0n) is 18.1. The Labute approximate surface area is 180 Å². The second kappa shape index (κ2) is 8.41. The average molecular weight is 421 g/mol. The van der Waals surface area contributed by atoms with Crippen LogP contribution in [0.3, 0.4) is 0 Å². The number of nitrogens with zero attached hydrogens (tertiary/aromatic N) is 2. The minimum absolute atomic E-state index is 0.124. The second-order valence-corrected chi connectivity index (χ2v) is 8.14. The number of fused-ring (bicyclic) bond motifs is 1. The Morgan fingerprint density at radius 3 is 2.87 bits per heavy atom. The largest absolute Gasteiger partial charge is 0.503 e. The molecule has 2 N–H and O–H groups in total. The Balaban J connectivity index is 2.02. The number of para-hydroxylation sites is 1. The number of rotatable bonds is 4. The molecule has 1 aliphatic rings. The quantitative estimate of drug-likeness (QED) is 0.618. The molecular formula is C24H27N3O4. The number of aromatic nitrogens is 2. The number of aromatic amines is 1. The number of H-pyrrole nitrogens is 1. The molecule has 7 heteroatoms. The fraction of sp³-hybridized carbons (Fsp3) is 0.375. The van der Waals surface area contributed by atoms with E-state index in [0.29, 0.717) is 22.9 Å². The molecule has 1 saturated heterocycles. The minimum atomic E-state index is -0.764. The lowest BCUT2D eigenvalue weighted by molar-refractivity contribution is 0.0525. The molecule has 7 nitrogen and oxygen atoms in total. The van der Waals surface area contributed by atoms with E-state index in [1.54, 1.807) is 13.8 Å². The number of benzene rings is 1. The zero-order valence-corrected chi connectivity index (χ0v) is 18.1. The van der Waals surface area contributed by atoms with Crippen LogP contribution in [-0.2, 0) is 4.74 Å². The molecule has 0 amide bonds. The maximum atomic E-state index is 12.9. The van der Waals surface area contributed by atoms with Crippen LogP contribution in [0.4, 0.5) is 5.82 Å². The number of nitrogens with one attached hydrogen (secondary N) is 1. The number of hydrogen-bond acceptors (Lipinski definition) is 6. The number of aryl methyl sites for hydroxylation is 1. The fourth-order valence-corrected chi connectivity index (χ4v) is 4.22. The Bertz CT molecular complexity index is 1200. The van der Waals surface area contributed by atoms with Crippen molar-refractivity contribution in [2.45, 2.75) is 33.6 Å². The lowest BCUT2D eigenvalue weighted by atomic mass is 9.98. The highest BCUT2D eigenvalue weighted by atomic mass is 16.5. The predicted molar refractivity (Wildman–Crippen MR) is 121 cm³/mol. The summed E-state index contributed by atoms with van der Waals surface area (Å²) in [7, 11) is 0. The first-order valence-electron chi connectivity index (χ1n) is 10.7. The molecule has 1 atom stereocenters. The maximum absolute atomic E-state index is 12.9. The summed E-state index contributed by atoms with van der Waals surface area (Å²) in [5.74, 6) is -0.00888. The van der Waals surface area contributed by atoms with Crippen LogP contribution in [0.15, 0.2) is 35.1 Å². The SMILES string of the molecule is CCOC(=O)c1c(-c2cc3ccccc3nc2N2CCC[C@H](C)C2)[nH]c(C)c(O)c1=O. The van der Waals surface area contributed by atoms with Crippen molar-refractivity contribution in [2.75, 3.05) is 24.6 Å². The Morgan fingerprint density at radius 1 is 1.35 bits per heavy atom. The number of esters is 1. The summed E-state index contributed by atoms with van der Waals surface area (Å²) >= 11 is 0. The van der Waals surface area contributed by atoms with E-state index in [2.05, 4.69) is 16.8 Å². The van der Waals surface area contributed by atoms with Crippen LogP contribution in [0.5, 0.6) is 5.75 Å². The molecule has 0 unspecified atom stereocenters. The molecule has 4 rings (SSSR count). The molecule has 1 fully saturated rings. The number of carbonyl (C=O) groups excluding carboxylic acids is 1. The summed E-state index contributed by atoms with van der Waals surface area (Å²) in [6, 6.07) is 9.71. The van der Waals surface area contributed by atoms with E-state index >= 15 is 0 Å². The first-order valence-corrected chi connectivity index (χ1v) is 10.7. The molecule has 31 heavy (non-hydrogen) atoms. The summed E-state index contributed by atoms with van der Waals surface area (Å²) in [6.45, 7) is 7.31. The lowest BCUT2D eigenvalue weighted by Crippen LogP contribution is -2.35. The van der Waals surface area contributed by atoms with Gasteiger partial charge >= 0.3 is 5.97 Å². The summed E-state index contributed by atoms with van der Waals surface area (Å²) < 4.78 is 5.15. The van der Waals surface area contributed by atoms with Gasteiger partial charge in [0.25, 0.3) is 0 Å². The van der Waals surface area contributed by atoms with Crippen molar-refractivity contribution in [3.63, 3.8) is 0 Å². The number of ether oxygens (including phenoxy) is 1. The van der Waals surface area contributed by atoms with E-state index in [1.807, 2.05) is 30.3 Å². The van der Waals surface area contributed by atoms with Crippen LogP contribution >= 0.6 is 0 Å². The van der Waals surface area contributed by atoms with Crippen LogP contribution in [0, 0.1) is 12.8 Å². The van der Waals surface area contributed by atoms with Gasteiger partial charge in [0.1, 0.15) is 11.4 Å². The van der Waals surface area contributed by atoms with Gasteiger partial charge in [0.15, 0.2) is 5.75 Å². The van der Waals surface area contributed by atoms with Gasteiger partial charge in [-0.3, -0.25) is 4.79 Å². The van der Waals surface area contributed by atoms with E-state index < -0.39 is 17.1 Å². The maximum Gasteiger partial charge on any atom is 0.344 e. The second-order valence-electron chi connectivity index (χ2n) is 8.14. The number of aromatic hydroxyl groups is 1. The van der Waals surface area contributed by atoms with Gasteiger partial charge in [-0.15, -0.1) is 0 Å². The third-order valence-corrected chi connectivity index (χ3v) is 5.77. The number of carbonyl (C=O) groups is 1. The molecule has 0 aliphatic carbocycles. The zero-order chi connectivity index (χ0) is 22.1. The van der Waals surface area contributed by atoms with Crippen LogP contribution < -0.4 is 10.3 Å². The summed E-state index contributed by atoms with van der Waals surface area (Å²) in [4.78, 5) is 35.9. The highest BCUT2D eigenvalue weighted by molar-refractivity contribution is 6.00. The topological polar surface area (TPSA) is 95.5 Å². The molecule has 3 aromatic rings. The molecule has 0 spiro atoms. The number of anilines is 1. The monoisotopic (exact) mass is 421 g/mol. The first kappa shape index (κ1) is 20.9. The average Bonchev–Trinajstić information content (AvgIpc) is 2.76. The molecule has 3 heterocycles. The molecule has 1 aliphatic heterocycles. The molecular weight excluding hydrogens is 394 g/mol. The van der Waals surface area contributed by atoms with Gasteiger partial charge in [-0.2, -0.15) is 0 Å². The van der Waals surface area contributed by atoms with Crippen molar-refractivity contribution < 1.29 is 14.6 Å². The van der Waals surface area contributed by atoms with Gasteiger partial charge in [-0.05, 0) is 44.7 Å². The molecule has 0 saturated carbocycles. The smallest absolute Gasteiger partial charge is 0.344 e. The van der Waals surface area contributed by atoms with E-state index in [0.717, 1.165) is 42.7 Å². The van der Waals surface area contributed by atoms with E-state index in [1.165, 1.54) is 0 Å². The Hall–Kier alpha value is -3.35. The molecule has 162 valence electrons.